The smallest absolute Gasteiger partial charge is 0.192 e. The molecule has 2 unspecified atom stereocenters. The van der Waals surface area contributed by atoms with Crippen LogP contribution in [0.5, 0.6) is 0 Å². The van der Waals surface area contributed by atoms with Crippen LogP contribution in [-0.2, 0) is 10.8 Å². The van der Waals surface area contributed by atoms with Gasteiger partial charge in [0, 0.05) is 22.5 Å². The Morgan fingerprint density at radius 3 is 2.13 bits per heavy atom. The molecule has 3 nitrogen and oxygen atoms in total. The maximum absolute atomic E-state index is 12.1. The molecule has 0 saturated carbocycles. The van der Waals surface area contributed by atoms with Gasteiger partial charge in [-0.3, -0.25) is 4.98 Å². The number of aliphatic hydroxyl groups is 1. The molecule has 0 bridgehead atoms. The van der Waals surface area contributed by atoms with Crippen LogP contribution in [0.1, 0.15) is 151 Å². The monoisotopic (exact) mass is 547 g/mol. The summed E-state index contributed by atoms with van der Waals surface area (Å²) in [6.07, 6.45) is 6.93. The average Bonchev–Trinajstić information content (AvgIpc) is 3.35. The van der Waals surface area contributed by atoms with Gasteiger partial charge >= 0.3 is 0 Å². The third kappa shape index (κ3) is 6.13. The number of rotatable bonds is 7. The van der Waals surface area contributed by atoms with Crippen LogP contribution in [0, 0.1) is 5.41 Å². The van der Waals surface area contributed by atoms with Gasteiger partial charge in [0.1, 0.15) is 6.10 Å². The van der Waals surface area contributed by atoms with E-state index in [9.17, 15) is 5.11 Å². The van der Waals surface area contributed by atoms with Crippen LogP contribution in [0.4, 0.5) is 0 Å². The van der Waals surface area contributed by atoms with Crippen molar-refractivity contribution in [3.05, 3.63) is 69.5 Å². The van der Waals surface area contributed by atoms with Gasteiger partial charge in [-0.2, -0.15) is 0 Å². The minimum absolute atomic E-state index is 0.0101. The lowest BCUT2D eigenvalue weighted by atomic mass is 9.71. The summed E-state index contributed by atoms with van der Waals surface area (Å²) in [6, 6.07) is 8.57. The zero-order valence-corrected chi connectivity index (χ0v) is 27.5. The molecule has 214 valence electrons. The van der Waals surface area contributed by atoms with E-state index >= 15 is 0 Å². The van der Waals surface area contributed by atoms with E-state index in [1.807, 2.05) is 0 Å². The minimum Gasteiger partial charge on any atom is -0.410 e. The molecule has 0 saturated heterocycles. The Bertz CT molecular complexity index is 1210. The molecule has 1 aromatic carbocycles. The molecule has 39 heavy (non-hydrogen) atoms. The van der Waals surface area contributed by atoms with Gasteiger partial charge in [-0.15, -0.1) is 0 Å². The summed E-state index contributed by atoms with van der Waals surface area (Å²) in [6.45, 7) is 25.3. The van der Waals surface area contributed by atoms with Crippen molar-refractivity contribution < 1.29 is 9.53 Å². The van der Waals surface area contributed by atoms with Crippen LogP contribution in [0.2, 0.25) is 18.1 Å². The van der Waals surface area contributed by atoms with Crippen molar-refractivity contribution in [2.24, 2.45) is 5.41 Å². The highest BCUT2D eigenvalue weighted by Gasteiger charge is 2.45. The average molecular weight is 548 g/mol. The summed E-state index contributed by atoms with van der Waals surface area (Å²) in [5, 5.41) is 12.3. The van der Waals surface area contributed by atoms with Crippen molar-refractivity contribution in [1.82, 2.24) is 4.98 Å². The summed E-state index contributed by atoms with van der Waals surface area (Å²) in [7, 11) is -2.06. The molecular weight excluding hydrogens is 494 g/mol. The van der Waals surface area contributed by atoms with Crippen molar-refractivity contribution in [2.45, 2.75) is 137 Å². The van der Waals surface area contributed by atoms with Crippen molar-refractivity contribution in [1.29, 1.82) is 0 Å². The SMILES string of the molecule is CC(C)c1ccc(C(O)c2c(C(C)C)nc3c(c2C2=CCCC2)C(O[Si](C)(C)C(C)(C)C)CC(C)(C)C3)cc1. The van der Waals surface area contributed by atoms with E-state index in [0.29, 0.717) is 5.92 Å². The summed E-state index contributed by atoms with van der Waals surface area (Å²) >= 11 is 0. The molecule has 0 fully saturated rings. The highest BCUT2D eigenvalue weighted by Crippen LogP contribution is 2.52. The van der Waals surface area contributed by atoms with Crippen molar-refractivity contribution in [3.63, 3.8) is 0 Å². The first-order valence-corrected chi connectivity index (χ1v) is 18.1. The van der Waals surface area contributed by atoms with Gasteiger partial charge in [-0.1, -0.05) is 92.7 Å². The number of allylic oxidation sites excluding steroid dienone is 2. The van der Waals surface area contributed by atoms with E-state index in [1.165, 1.54) is 34.4 Å². The van der Waals surface area contributed by atoms with E-state index in [0.717, 1.165) is 42.5 Å². The van der Waals surface area contributed by atoms with Crippen LogP contribution >= 0.6 is 0 Å². The van der Waals surface area contributed by atoms with Crippen LogP contribution in [0.3, 0.4) is 0 Å². The molecule has 2 aliphatic rings. The van der Waals surface area contributed by atoms with Crippen LogP contribution < -0.4 is 0 Å². The molecule has 0 radical (unpaired) electrons. The minimum atomic E-state index is -2.06. The summed E-state index contributed by atoms with van der Waals surface area (Å²) in [5.41, 5.74) is 9.49. The zero-order chi connectivity index (χ0) is 28.9. The molecule has 1 aromatic heterocycles. The number of pyridine rings is 1. The quantitative estimate of drug-likeness (QED) is 0.351. The van der Waals surface area contributed by atoms with Gasteiger partial charge < -0.3 is 9.53 Å². The van der Waals surface area contributed by atoms with Gasteiger partial charge in [-0.25, -0.2) is 0 Å². The van der Waals surface area contributed by atoms with Gasteiger partial charge in [-0.05, 0) is 89.8 Å². The first-order chi connectivity index (χ1) is 18.0. The van der Waals surface area contributed by atoms with Crippen molar-refractivity contribution >= 4 is 13.9 Å². The number of fused-ring (bicyclic) bond motifs is 1. The molecule has 4 heteroatoms. The molecule has 2 aromatic rings. The molecule has 2 aliphatic carbocycles. The zero-order valence-electron chi connectivity index (χ0n) is 26.5. The Morgan fingerprint density at radius 2 is 1.62 bits per heavy atom. The van der Waals surface area contributed by atoms with Gasteiger partial charge in [0.2, 0.25) is 0 Å². The Hall–Kier alpha value is -1.75. The summed E-state index contributed by atoms with van der Waals surface area (Å²) < 4.78 is 7.28. The second kappa shape index (κ2) is 10.9. The summed E-state index contributed by atoms with van der Waals surface area (Å²) in [5.74, 6) is 0.670. The maximum Gasteiger partial charge on any atom is 0.192 e. The van der Waals surface area contributed by atoms with Gasteiger partial charge in [0.25, 0.3) is 0 Å². The lowest BCUT2D eigenvalue weighted by Crippen LogP contribution is -2.44. The van der Waals surface area contributed by atoms with Crippen LogP contribution in [-0.4, -0.2) is 18.4 Å². The molecule has 2 atom stereocenters. The fourth-order valence-electron chi connectivity index (χ4n) is 6.12. The van der Waals surface area contributed by atoms with Crippen LogP contribution in [0.15, 0.2) is 30.3 Å². The third-order valence-electron chi connectivity index (χ3n) is 9.43. The molecule has 1 heterocycles. The molecule has 0 amide bonds. The Kier molecular flexibility index (Phi) is 8.45. The first-order valence-electron chi connectivity index (χ1n) is 15.2. The number of aromatic nitrogens is 1. The normalized spacial score (nSPS) is 20.4. The number of nitrogens with zero attached hydrogens (tertiary/aromatic N) is 1. The topological polar surface area (TPSA) is 42.4 Å². The van der Waals surface area contributed by atoms with E-state index in [4.69, 9.17) is 9.41 Å². The predicted octanol–water partition coefficient (Wildman–Crippen LogP) is 10.0. The Morgan fingerprint density at radius 1 is 1.00 bits per heavy atom. The maximum atomic E-state index is 12.1. The Labute approximate surface area is 239 Å². The largest absolute Gasteiger partial charge is 0.410 e. The second-order valence-corrected chi connectivity index (χ2v) is 19.8. The molecule has 0 aliphatic heterocycles. The third-order valence-corrected chi connectivity index (χ3v) is 13.9. The molecular formula is C35H53NO2Si. The van der Waals surface area contributed by atoms with E-state index in [1.54, 1.807) is 0 Å². The number of hydrogen-bond donors (Lipinski definition) is 1. The first kappa shape index (κ1) is 30.2. The fraction of sp³-hybridized carbons (Fsp3) is 0.629. The second-order valence-electron chi connectivity index (χ2n) is 15.1. The van der Waals surface area contributed by atoms with Gasteiger partial charge in [0.05, 0.1) is 6.10 Å². The van der Waals surface area contributed by atoms with E-state index in [2.05, 4.69) is 106 Å². The summed E-state index contributed by atoms with van der Waals surface area (Å²) in [4.78, 5) is 5.42. The van der Waals surface area contributed by atoms with E-state index in [-0.39, 0.29) is 22.5 Å². The predicted molar refractivity (Wildman–Crippen MR) is 168 cm³/mol. The molecule has 4 rings (SSSR count). The fourth-order valence-corrected chi connectivity index (χ4v) is 7.38. The number of hydrogen-bond acceptors (Lipinski definition) is 3. The standard InChI is InChI=1S/C35H53NO2Si/c1-22(2)24-16-18-26(19-17-24)33(37)31-29(25-14-12-13-15-25)30-27(36-32(31)23(3)4)20-35(8,9)21-28(30)38-39(10,11)34(5,6)7/h14,16-19,22-23,28,33,37H,12-13,15,20-21H2,1-11H3. The molecule has 0 spiro atoms. The number of aliphatic hydroxyl groups excluding tert-OH is 1. The van der Waals surface area contributed by atoms with E-state index < -0.39 is 14.4 Å². The van der Waals surface area contributed by atoms with Gasteiger partial charge in [0.15, 0.2) is 8.32 Å². The highest BCUT2D eigenvalue weighted by atomic mass is 28.4. The highest BCUT2D eigenvalue weighted by molar-refractivity contribution is 6.74. The van der Waals surface area contributed by atoms with Crippen molar-refractivity contribution in [2.75, 3.05) is 0 Å². The Balaban J connectivity index is 1.99. The lowest BCUT2D eigenvalue weighted by molar-refractivity contribution is 0.105. The molecule has 1 N–H and O–H groups in total. The lowest BCUT2D eigenvalue weighted by Gasteiger charge is -2.45. The van der Waals surface area contributed by atoms with Crippen molar-refractivity contribution in [3.8, 4) is 0 Å². The number of benzene rings is 1. The van der Waals surface area contributed by atoms with Crippen LogP contribution in [0.25, 0.3) is 5.57 Å².